The van der Waals surface area contributed by atoms with Crippen molar-refractivity contribution in [3.63, 3.8) is 0 Å². The fraction of sp³-hybridized carbons (Fsp3) is 0.0645. The summed E-state index contributed by atoms with van der Waals surface area (Å²) in [6, 6.07) is 45.5. The Hall–Kier alpha value is -3.33. The van der Waals surface area contributed by atoms with Crippen molar-refractivity contribution in [1.29, 1.82) is 0 Å². The standard InChI is InChI=1S/C31H26NS.ClH/c1-24-17-19-29(20-18-24)32-30(27-15-9-4-10-16-27)21-28(26-13-7-3-8-14-26)22-31(32)33-23-25-11-5-2-6-12-25;/h2-22H,23H2,1H3;1H/q+1;/p-1. The molecule has 168 valence electrons. The number of hydrogen-bond acceptors (Lipinski definition) is 1. The molecule has 0 atom stereocenters. The van der Waals surface area contributed by atoms with E-state index in [0.29, 0.717) is 0 Å². The van der Waals surface area contributed by atoms with Crippen molar-refractivity contribution in [1.82, 2.24) is 0 Å². The number of benzene rings is 4. The third-order valence-corrected chi connectivity index (χ3v) is 6.80. The molecule has 0 N–H and O–H groups in total. The molecule has 1 aromatic heterocycles. The monoisotopic (exact) mass is 479 g/mol. The van der Waals surface area contributed by atoms with Crippen LogP contribution >= 0.6 is 11.8 Å². The Morgan fingerprint density at radius 3 is 1.76 bits per heavy atom. The Morgan fingerprint density at radius 1 is 0.588 bits per heavy atom. The Morgan fingerprint density at radius 2 is 1.15 bits per heavy atom. The van der Waals surface area contributed by atoms with E-state index in [4.69, 9.17) is 0 Å². The van der Waals surface area contributed by atoms with Crippen LogP contribution in [-0.4, -0.2) is 0 Å². The van der Waals surface area contributed by atoms with Crippen LogP contribution in [0.2, 0.25) is 0 Å². The number of pyridine rings is 1. The molecule has 0 aliphatic carbocycles. The maximum Gasteiger partial charge on any atom is 0.247 e. The molecule has 3 heteroatoms. The fourth-order valence-corrected chi connectivity index (χ4v) is 5.04. The van der Waals surface area contributed by atoms with Gasteiger partial charge in [0.2, 0.25) is 16.4 Å². The number of aryl methyl sites for hydroxylation is 1. The van der Waals surface area contributed by atoms with E-state index in [9.17, 15) is 0 Å². The first-order valence-corrected chi connectivity index (χ1v) is 12.2. The van der Waals surface area contributed by atoms with Crippen LogP contribution in [0.4, 0.5) is 0 Å². The first-order chi connectivity index (χ1) is 16.3. The summed E-state index contributed by atoms with van der Waals surface area (Å²) in [5.74, 6) is 0.916. The van der Waals surface area contributed by atoms with Gasteiger partial charge in [-0.05, 0) is 35.7 Å². The van der Waals surface area contributed by atoms with E-state index < -0.39 is 0 Å². The van der Waals surface area contributed by atoms with Crippen LogP contribution in [0.15, 0.2) is 132 Å². The molecule has 4 aromatic carbocycles. The predicted molar refractivity (Wildman–Crippen MR) is 140 cm³/mol. The molecule has 0 unspecified atom stereocenters. The zero-order valence-corrected chi connectivity index (χ0v) is 20.6. The van der Waals surface area contributed by atoms with Gasteiger partial charge in [-0.25, -0.2) is 0 Å². The van der Waals surface area contributed by atoms with Gasteiger partial charge in [0, 0.05) is 35.6 Å². The number of rotatable bonds is 6. The molecule has 34 heavy (non-hydrogen) atoms. The molecular weight excluding hydrogens is 454 g/mol. The molecule has 5 aromatic rings. The van der Waals surface area contributed by atoms with E-state index in [1.807, 2.05) is 11.8 Å². The molecule has 0 saturated heterocycles. The minimum Gasteiger partial charge on any atom is -1.00 e. The average molecular weight is 480 g/mol. The van der Waals surface area contributed by atoms with Gasteiger partial charge >= 0.3 is 0 Å². The predicted octanol–water partition coefficient (Wildman–Crippen LogP) is 4.90. The van der Waals surface area contributed by atoms with Crippen molar-refractivity contribution >= 4 is 11.8 Å². The first-order valence-electron chi connectivity index (χ1n) is 11.2. The molecule has 0 amide bonds. The van der Waals surface area contributed by atoms with Crippen molar-refractivity contribution in [2.75, 3.05) is 0 Å². The molecule has 0 aliphatic rings. The van der Waals surface area contributed by atoms with Crippen molar-refractivity contribution < 1.29 is 17.0 Å². The molecular formula is C31H26ClNS. The SMILES string of the molecule is Cc1ccc(-[n+]2c(SCc3ccccc3)cc(-c3ccccc3)cc2-c2ccccc2)cc1.[Cl-]. The summed E-state index contributed by atoms with van der Waals surface area (Å²) in [7, 11) is 0. The summed E-state index contributed by atoms with van der Waals surface area (Å²) >= 11 is 1.88. The van der Waals surface area contributed by atoms with E-state index in [1.165, 1.54) is 44.2 Å². The zero-order valence-electron chi connectivity index (χ0n) is 19.1. The molecule has 5 rings (SSSR count). The molecule has 1 heterocycles. The molecule has 0 bridgehead atoms. The van der Waals surface area contributed by atoms with Crippen molar-refractivity contribution in [3.8, 4) is 28.1 Å². The van der Waals surface area contributed by atoms with Gasteiger partial charge < -0.3 is 12.4 Å². The maximum atomic E-state index is 2.40. The Kier molecular flexibility index (Phi) is 7.84. The highest BCUT2D eigenvalue weighted by atomic mass is 35.5. The lowest BCUT2D eigenvalue weighted by atomic mass is 10.0. The van der Waals surface area contributed by atoms with Gasteiger partial charge in [0.1, 0.15) is 0 Å². The number of thioether (sulfide) groups is 1. The summed E-state index contributed by atoms with van der Waals surface area (Å²) in [6.07, 6.45) is 0. The highest BCUT2D eigenvalue weighted by molar-refractivity contribution is 7.98. The molecule has 0 spiro atoms. The number of nitrogens with zero attached hydrogens (tertiary/aromatic N) is 1. The van der Waals surface area contributed by atoms with E-state index in [-0.39, 0.29) is 12.4 Å². The second kappa shape index (κ2) is 11.2. The van der Waals surface area contributed by atoms with Gasteiger partial charge in [-0.3, -0.25) is 0 Å². The average Bonchev–Trinajstić information content (AvgIpc) is 2.89. The van der Waals surface area contributed by atoms with Gasteiger partial charge in [0.05, 0.1) is 0 Å². The van der Waals surface area contributed by atoms with Gasteiger partial charge in [0.25, 0.3) is 0 Å². The van der Waals surface area contributed by atoms with Gasteiger partial charge in [0.15, 0.2) is 0 Å². The molecule has 0 saturated carbocycles. The molecule has 1 nitrogen and oxygen atoms in total. The zero-order chi connectivity index (χ0) is 22.5. The van der Waals surface area contributed by atoms with Crippen LogP contribution in [0.25, 0.3) is 28.1 Å². The lowest BCUT2D eigenvalue weighted by Crippen LogP contribution is -3.00. The molecule has 0 fully saturated rings. The Bertz CT molecular complexity index is 1340. The highest BCUT2D eigenvalue weighted by Gasteiger charge is 2.24. The van der Waals surface area contributed by atoms with E-state index in [1.54, 1.807) is 0 Å². The summed E-state index contributed by atoms with van der Waals surface area (Å²) in [6.45, 7) is 2.14. The second-order valence-electron chi connectivity index (χ2n) is 8.14. The third kappa shape index (κ3) is 5.41. The first kappa shape index (κ1) is 23.8. The number of aromatic nitrogens is 1. The largest absolute Gasteiger partial charge is 1.00 e. The van der Waals surface area contributed by atoms with Crippen molar-refractivity contribution in [3.05, 3.63) is 139 Å². The Labute approximate surface area is 212 Å². The topological polar surface area (TPSA) is 3.88 Å². The number of hydrogen-bond donors (Lipinski definition) is 0. The van der Waals surface area contributed by atoms with Gasteiger partial charge in [-0.15, -0.1) is 4.57 Å². The van der Waals surface area contributed by atoms with Crippen LogP contribution in [0.1, 0.15) is 11.1 Å². The summed E-state index contributed by atoms with van der Waals surface area (Å²) in [5, 5.41) is 1.22. The van der Waals surface area contributed by atoms with Crippen LogP contribution in [-0.2, 0) is 5.75 Å². The summed E-state index contributed by atoms with van der Waals surface area (Å²) < 4.78 is 2.40. The highest BCUT2D eigenvalue weighted by Crippen LogP contribution is 2.31. The minimum atomic E-state index is 0. The van der Waals surface area contributed by atoms with E-state index in [0.717, 1.165) is 5.75 Å². The van der Waals surface area contributed by atoms with Crippen LogP contribution in [0.5, 0.6) is 0 Å². The summed E-state index contributed by atoms with van der Waals surface area (Å²) in [4.78, 5) is 0. The van der Waals surface area contributed by atoms with Crippen molar-refractivity contribution in [2.24, 2.45) is 0 Å². The van der Waals surface area contributed by atoms with Crippen LogP contribution < -0.4 is 17.0 Å². The lowest BCUT2D eigenvalue weighted by molar-refractivity contribution is -0.624. The van der Waals surface area contributed by atoms with Gasteiger partial charge in [-0.1, -0.05) is 108 Å². The van der Waals surface area contributed by atoms with Gasteiger partial charge in [-0.2, -0.15) is 0 Å². The maximum absolute atomic E-state index is 2.40. The number of halogens is 1. The molecule has 0 radical (unpaired) electrons. The second-order valence-corrected chi connectivity index (χ2v) is 9.14. The van der Waals surface area contributed by atoms with E-state index >= 15 is 0 Å². The molecule has 0 aliphatic heterocycles. The quantitative estimate of drug-likeness (QED) is 0.247. The third-order valence-electron chi connectivity index (χ3n) is 5.73. The van der Waals surface area contributed by atoms with Crippen LogP contribution in [0, 0.1) is 6.92 Å². The Balaban J connectivity index is 0.00000274. The normalized spacial score (nSPS) is 10.5. The van der Waals surface area contributed by atoms with Crippen LogP contribution in [0.3, 0.4) is 0 Å². The summed E-state index contributed by atoms with van der Waals surface area (Å²) in [5.41, 5.74) is 8.62. The minimum absolute atomic E-state index is 0. The van der Waals surface area contributed by atoms with Crippen molar-refractivity contribution in [2.45, 2.75) is 17.7 Å². The van der Waals surface area contributed by atoms with E-state index in [2.05, 4.69) is 139 Å². The smallest absolute Gasteiger partial charge is 0.247 e. The fourth-order valence-electron chi connectivity index (χ4n) is 3.99. The lowest BCUT2D eigenvalue weighted by Gasteiger charge is -2.12.